The van der Waals surface area contributed by atoms with Crippen molar-refractivity contribution in [3.05, 3.63) is 0 Å². The molecular weight excluding hydrogens is 228 g/mol. The molecule has 0 atom stereocenters. The Morgan fingerprint density at radius 2 is 1.64 bits per heavy atom. The van der Waals surface area contributed by atoms with Gasteiger partial charge in [-0.05, 0) is 12.2 Å². The molecule has 0 saturated heterocycles. The zero-order valence-corrected chi connectivity index (χ0v) is 10.4. The Bertz CT molecular complexity index is 131. The largest absolute Gasteiger partial charge is 0.735 e. The molecule has 0 aliphatic carbocycles. The van der Waals surface area contributed by atoms with Gasteiger partial charge in [0.05, 0.1) is 14.2 Å². The maximum Gasteiger partial charge on any atom is 0.735 e. The number of rotatable bonds is 9. The van der Waals surface area contributed by atoms with Crippen molar-refractivity contribution in [1.29, 1.82) is 0 Å². The van der Waals surface area contributed by atoms with E-state index in [1.807, 2.05) is 0 Å². The number of hydrogen-bond acceptors (Lipinski definition) is 7. The van der Waals surface area contributed by atoms with Crippen LogP contribution >= 0.6 is 12.6 Å². The lowest BCUT2D eigenvalue weighted by molar-refractivity contribution is -0.319. The third kappa shape index (κ3) is 5.27. The molecule has 0 fully saturated rings. The standard InChI is InChI=1S/C6H16O6SSi/c1-7-11-14(9-3,12-8-2)10-5-4-6-13/h13H,4-6H2,1-3H3. The fraction of sp³-hybridized carbons (Fsp3) is 1.00. The zero-order chi connectivity index (χ0) is 10.9. The summed E-state index contributed by atoms with van der Waals surface area (Å²) in [6.07, 6.45) is 0.751. The molecule has 6 nitrogen and oxygen atoms in total. The van der Waals surface area contributed by atoms with Gasteiger partial charge in [-0.15, -0.1) is 0 Å². The lowest BCUT2D eigenvalue weighted by Crippen LogP contribution is -2.48. The maximum absolute atomic E-state index is 5.27. The van der Waals surface area contributed by atoms with Gasteiger partial charge in [-0.3, -0.25) is 0 Å². The fourth-order valence-electron chi connectivity index (χ4n) is 0.655. The molecule has 0 aliphatic rings. The van der Waals surface area contributed by atoms with Crippen molar-refractivity contribution in [1.82, 2.24) is 0 Å². The minimum Gasteiger partial charge on any atom is -0.352 e. The van der Waals surface area contributed by atoms with Gasteiger partial charge in [0.25, 0.3) is 0 Å². The van der Waals surface area contributed by atoms with E-state index < -0.39 is 9.05 Å². The Balaban J connectivity index is 4.03. The highest BCUT2D eigenvalue weighted by molar-refractivity contribution is 7.80. The van der Waals surface area contributed by atoms with Crippen LogP contribution in [-0.4, -0.2) is 42.7 Å². The summed E-state index contributed by atoms with van der Waals surface area (Å²) in [7, 11) is 0.779. The molecule has 0 bridgehead atoms. The van der Waals surface area contributed by atoms with E-state index in [1.165, 1.54) is 21.3 Å². The molecule has 0 heterocycles. The van der Waals surface area contributed by atoms with Gasteiger partial charge in [-0.1, -0.05) is 0 Å². The molecule has 0 amide bonds. The van der Waals surface area contributed by atoms with Gasteiger partial charge < -0.3 is 8.85 Å². The van der Waals surface area contributed by atoms with Crippen LogP contribution in [-0.2, 0) is 27.8 Å². The van der Waals surface area contributed by atoms with Crippen molar-refractivity contribution >= 4 is 21.7 Å². The monoisotopic (exact) mass is 244 g/mol. The molecule has 8 heteroatoms. The van der Waals surface area contributed by atoms with Gasteiger partial charge in [0.15, 0.2) is 0 Å². The maximum atomic E-state index is 5.27. The van der Waals surface area contributed by atoms with Gasteiger partial charge in [0, 0.05) is 13.7 Å². The number of hydrogen-bond donors (Lipinski definition) is 1. The lowest BCUT2D eigenvalue weighted by Gasteiger charge is -2.22. The van der Waals surface area contributed by atoms with E-state index in [1.54, 1.807) is 0 Å². The molecule has 0 rings (SSSR count). The second-order valence-corrected chi connectivity index (χ2v) is 4.61. The van der Waals surface area contributed by atoms with Crippen molar-refractivity contribution < 1.29 is 27.8 Å². The zero-order valence-electron chi connectivity index (χ0n) is 8.52. The first-order chi connectivity index (χ1) is 6.74. The van der Waals surface area contributed by atoms with Crippen molar-refractivity contribution in [3.63, 3.8) is 0 Å². The van der Waals surface area contributed by atoms with Crippen LogP contribution in [0.1, 0.15) is 6.42 Å². The summed E-state index contributed by atoms with van der Waals surface area (Å²) < 4.78 is 19.8. The summed E-state index contributed by atoms with van der Waals surface area (Å²) in [5.41, 5.74) is 0. The van der Waals surface area contributed by atoms with Gasteiger partial charge in [0.2, 0.25) is 0 Å². The van der Waals surface area contributed by atoms with Crippen LogP contribution in [0.5, 0.6) is 0 Å². The Kier molecular flexibility index (Phi) is 8.82. The Labute approximate surface area is 90.1 Å². The first-order valence-electron chi connectivity index (χ1n) is 3.98. The van der Waals surface area contributed by atoms with Crippen LogP contribution in [0.2, 0.25) is 0 Å². The Morgan fingerprint density at radius 1 is 1.07 bits per heavy atom. The van der Waals surface area contributed by atoms with Crippen molar-refractivity contribution in [3.8, 4) is 0 Å². The molecule has 0 saturated carbocycles. The second-order valence-electron chi connectivity index (χ2n) is 2.13. The lowest BCUT2D eigenvalue weighted by atomic mass is 10.5. The highest BCUT2D eigenvalue weighted by atomic mass is 32.1. The normalized spacial score (nSPS) is 12.0. The molecule has 0 aromatic carbocycles. The Morgan fingerprint density at radius 3 is 2.00 bits per heavy atom. The van der Waals surface area contributed by atoms with Gasteiger partial charge in [0.1, 0.15) is 0 Å². The molecule has 14 heavy (non-hydrogen) atoms. The molecule has 0 unspecified atom stereocenters. The van der Waals surface area contributed by atoms with Crippen LogP contribution in [0.15, 0.2) is 0 Å². The number of thiol groups is 1. The molecule has 0 radical (unpaired) electrons. The first-order valence-corrected chi connectivity index (χ1v) is 6.24. The minimum absolute atomic E-state index is 0.399. The van der Waals surface area contributed by atoms with E-state index in [0.717, 1.165) is 6.42 Å². The van der Waals surface area contributed by atoms with Crippen molar-refractivity contribution in [2.75, 3.05) is 33.7 Å². The summed E-state index contributed by atoms with van der Waals surface area (Å²) in [6, 6.07) is 0. The molecule has 0 aromatic rings. The molecular formula is C6H16O6SSi. The van der Waals surface area contributed by atoms with E-state index >= 15 is 0 Å². The second kappa shape index (κ2) is 8.62. The Hall–Kier alpha value is 0.327. The molecule has 0 aromatic heterocycles. The third-order valence-corrected chi connectivity index (χ3v) is 3.32. The van der Waals surface area contributed by atoms with Gasteiger partial charge in [-0.25, -0.2) is 9.78 Å². The predicted molar refractivity (Wildman–Crippen MR) is 53.4 cm³/mol. The topological polar surface area (TPSA) is 55.4 Å². The third-order valence-electron chi connectivity index (χ3n) is 1.20. The average Bonchev–Trinajstić information content (AvgIpc) is 2.19. The van der Waals surface area contributed by atoms with Crippen molar-refractivity contribution in [2.24, 2.45) is 0 Å². The molecule has 0 N–H and O–H groups in total. The highest BCUT2D eigenvalue weighted by Gasteiger charge is 2.48. The first kappa shape index (κ1) is 14.3. The van der Waals surface area contributed by atoms with Crippen LogP contribution in [0.4, 0.5) is 0 Å². The summed E-state index contributed by atoms with van der Waals surface area (Å²) >= 11 is 4.03. The highest BCUT2D eigenvalue weighted by Crippen LogP contribution is 2.11. The van der Waals surface area contributed by atoms with Crippen LogP contribution in [0.25, 0.3) is 0 Å². The SMILES string of the molecule is COO[Si](OC)(OCCCS)OOC. The van der Waals surface area contributed by atoms with Crippen molar-refractivity contribution in [2.45, 2.75) is 6.42 Å². The summed E-state index contributed by atoms with van der Waals surface area (Å²) in [6.45, 7) is 0.399. The fourth-order valence-corrected chi connectivity index (χ4v) is 1.96. The summed E-state index contributed by atoms with van der Waals surface area (Å²) in [4.78, 5) is 8.94. The van der Waals surface area contributed by atoms with Gasteiger partial charge in [-0.2, -0.15) is 21.8 Å². The van der Waals surface area contributed by atoms with E-state index in [4.69, 9.17) is 18.0 Å². The van der Waals surface area contributed by atoms with E-state index in [0.29, 0.717) is 12.4 Å². The minimum atomic E-state index is -3.29. The van der Waals surface area contributed by atoms with Crippen LogP contribution in [0, 0.1) is 0 Å². The summed E-state index contributed by atoms with van der Waals surface area (Å²) in [5, 5.41) is 0. The van der Waals surface area contributed by atoms with Crippen LogP contribution < -0.4 is 0 Å². The molecule has 86 valence electrons. The average molecular weight is 244 g/mol. The molecule has 0 spiro atoms. The van der Waals surface area contributed by atoms with Gasteiger partial charge >= 0.3 is 9.05 Å². The predicted octanol–water partition coefficient (Wildman–Crippen LogP) is 0.561. The molecule has 0 aliphatic heterocycles. The van der Waals surface area contributed by atoms with E-state index in [-0.39, 0.29) is 0 Å². The van der Waals surface area contributed by atoms with Crippen LogP contribution in [0.3, 0.4) is 0 Å². The van der Waals surface area contributed by atoms with E-state index in [2.05, 4.69) is 22.4 Å². The van der Waals surface area contributed by atoms with E-state index in [9.17, 15) is 0 Å². The smallest absolute Gasteiger partial charge is 0.352 e. The quantitative estimate of drug-likeness (QED) is 0.210. The summed E-state index contributed by atoms with van der Waals surface area (Å²) in [5.74, 6) is 0.703.